The van der Waals surface area contributed by atoms with Crippen molar-refractivity contribution in [3.8, 4) is 6.07 Å². The minimum atomic E-state index is 0.706. The minimum Gasteiger partial charge on any atom is -0.309 e. The van der Waals surface area contributed by atoms with Crippen LogP contribution in [0.4, 0.5) is 0 Å². The van der Waals surface area contributed by atoms with Crippen molar-refractivity contribution in [1.82, 2.24) is 5.32 Å². The van der Waals surface area contributed by atoms with Crippen molar-refractivity contribution in [1.29, 1.82) is 5.26 Å². The Kier molecular flexibility index (Phi) is 4.52. The van der Waals surface area contributed by atoms with Crippen LogP contribution in [0.1, 0.15) is 16.7 Å². The van der Waals surface area contributed by atoms with Gasteiger partial charge in [0.15, 0.2) is 0 Å². The van der Waals surface area contributed by atoms with Gasteiger partial charge in [0.1, 0.15) is 0 Å². The molecule has 0 radical (unpaired) electrons. The highest BCUT2D eigenvalue weighted by Gasteiger charge is 1.96. The Morgan fingerprint density at radius 3 is 2.44 bits per heavy atom. The SMILES string of the molecule is N#Cc1cccc(CNCc2ccc(Br)cc2)c1. The lowest BCUT2D eigenvalue weighted by Crippen LogP contribution is -2.12. The van der Waals surface area contributed by atoms with Crippen molar-refractivity contribution in [2.24, 2.45) is 0 Å². The molecule has 0 bridgehead atoms. The summed E-state index contributed by atoms with van der Waals surface area (Å²) in [5.74, 6) is 0. The van der Waals surface area contributed by atoms with Crippen LogP contribution in [0.3, 0.4) is 0 Å². The van der Waals surface area contributed by atoms with Crippen molar-refractivity contribution in [2.75, 3.05) is 0 Å². The van der Waals surface area contributed by atoms with Gasteiger partial charge >= 0.3 is 0 Å². The Morgan fingerprint density at radius 1 is 1.00 bits per heavy atom. The number of hydrogen-bond donors (Lipinski definition) is 1. The van der Waals surface area contributed by atoms with E-state index in [1.165, 1.54) is 5.56 Å². The third kappa shape index (κ3) is 3.69. The molecule has 2 nitrogen and oxygen atoms in total. The van der Waals surface area contributed by atoms with Crippen LogP contribution in [0.25, 0.3) is 0 Å². The van der Waals surface area contributed by atoms with Crippen LogP contribution in [0.5, 0.6) is 0 Å². The number of hydrogen-bond acceptors (Lipinski definition) is 2. The third-order valence-corrected chi connectivity index (χ3v) is 3.16. The van der Waals surface area contributed by atoms with E-state index in [9.17, 15) is 0 Å². The van der Waals surface area contributed by atoms with Gasteiger partial charge in [0, 0.05) is 17.6 Å². The van der Waals surface area contributed by atoms with E-state index in [2.05, 4.69) is 39.4 Å². The molecule has 3 heteroatoms. The molecule has 0 spiro atoms. The summed E-state index contributed by atoms with van der Waals surface area (Å²) in [7, 11) is 0. The monoisotopic (exact) mass is 300 g/mol. The summed E-state index contributed by atoms with van der Waals surface area (Å²) in [6.45, 7) is 1.59. The summed E-state index contributed by atoms with van der Waals surface area (Å²) in [6.07, 6.45) is 0. The largest absolute Gasteiger partial charge is 0.309 e. The van der Waals surface area contributed by atoms with Crippen molar-refractivity contribution < 1.29 is 0 Å². The Labute approximate surface area is 115 Å². The fourth-order valence-electron chi connectivity index (χ4n) is 1.70. The average Bonchev–Trinajstić information content (AvgIpc) is 2.41. The summed E-state index contributed by atoms with van der Waals surface area (Å²) in [5.41, 5.74) is 3.08. The number of nitrogens with zero attached hydrogens (tertiary/aromatic N) is 1. The summed E-state index contributed by atoms with van der Waals surface area (Å²) in [4.78, 5) is 0. The second kappa shape index (κ2) is 6.34. The second-order valence-electron chi connectivity index (χ2n) is 4.04. The predicted molar refractivity (Wildman–Crippen MR) is 75.8 cm³/mol. The van der Waals surface area contributed by atoms with Gasteiger partial charge in [-0.3, -0.25) is 0 Å². The molecule has 0 amide bonds. The van der Waals surface area contributed by atoms with Gasteiger partial charge in [-0.15, -0.1) is 0 Å². The molecule has 0 aliphatic carbocycles. The van der Waals surface area contributed by atoms with Crippen molar-refractivity contribution in [3.63, 3.8) is 0 Å². The van der Waals surface area contributed by atoms with E-state index in [1.54, 1.807) is 0 Å². The Balaban J connectivity index is 1.88. The molecule has 2 aromatic carbocycles. The molecule has 0 saturated heterocycles. The molecule has 1 N–H and O–H groups in total. The number of nitrogens with one attached hydrogen (secondary N) is 1. The first-order valence-corrected chi connectivity index (χ1v) is 6.51. The Morgan fingerprint density at radius 2 is 1.72 bits per heavy atom. The van der Waals surface area contributed by atoms with Crippen LogP contribution in [0.15, 0.2) is 53.0 Å². The van der Waals surface area contributed by atoms with Crippen LogP contribution >= 0.6 is 15.9 Å². The number of rotatable bonds is 4. The molecule has 0 aromatic heterocycles. The Bertz CT molecular complexity index is 555. The molecule has 0 aliphatic heterocycles. The molecule has 2 aromatic rings. The van der Waals surface area contributed by atoms with Gasteiger partial charge in [-0.05, 0) is 35.4 Å². The van der Waals surface area contributed by atoms with E-state index in [1.807, 2.05) is 36.4 Å². The number of halogens is 1. The van der Waals surface area contributed by atoms with E-state index in [0.29, 0.717) is 5.56 Å². The van der Waals surface area contributed by atoms with E-state index in [0.717, 1.165) is 23.1 Å². The lowest BCUT2D eigenvalue weighted by atomic mass is 10.1. The number of nitriles is 1. The van der Waals surface area contributed by atoms with Crippen LogP contribution in [-0.4, -0.2) is 0 Å². The standard InChI is InChI=1S/C15H13BrN2/c16-15-6-4-12(5-7-15)10-18-11-14-3-1-2-13(8-14)9-17/h1-8,18H,10-11H2. The van der Waals surface area contributed by atoms with E-state index in [4.69, 9.17) is 5.26 Å². The van der Waals surface area contributed by atoms with Crippen molar-refractivity contribution in [3.05, 3.63) is 69.7 Å². The average molecular weight is 301 g/mol. The quantitative estimate of drug-likeness (QED) is 0.936. The highest BCUT2D eigenvalue weighted by Crippen LogP contribution is 2.10. The lowest BCUT2D eigenvalue weighted by Gasteiger charge is -2.05. The van der Waals surface area contributed by atoms with Gasteiger partial charge in [-0.1, -0.05) is 40.2 Å². The summed E-state index contributed by atoms with van der Waals surface area (Å²) in [5, 5.41) is 12.2. The zero-order valence-corrected chi connectivity index (χ0v) is 11.4. The topological polar surface area (TPSA) is 35.8 Å². The van der Waals surface area contributed by atoms with E-state index >= 15 is 0 Å². The van der Waals surface area contributed by atoms with Gasteiger partial charge in [0.2, 0.25) is 0 Å². The van der Waals surface area contributed by atoms with Crippen molar-refractivity contribution in [2.45, 2.75) is 13.1 Å². The first-order valence-electron chi connectivity index (χ1n) is 5.72. The normalized spacial score (nSPS) is 10.0. The minimum absolute atomic E-state index is 0.706. The maximum Gasteiger partial charge on any atom is 0.0991 e. The van der Waals surface area contributed by atoms with Gasteiger partial charge in [0.25, 0.3) is 0 Å². The van der Waals surface area contributed by atoms with E-state index in [-0.39, 0.29) is 0 Å². The summed E-state index contributed by atoms with van der Waals surface area (Å²) in [6, 6.07) is 18.1. The smallest absolute Gasteiger partial charge is 0.0991 e. The molecular weight excluding hydrogens is 288 g/mol. The molecule has 0 saturated carbocycles. The highest BCUT2D eigenvalue weighted by molar-refractivity contribution is 9.10. The van der Waals surface area contributed by atoms with E-state index < -0.39 is 0 Å². The molecule has 0 atom stereocenters. The maximum atomic E-state index is 8.82. The lowest BCUT2D eigenvalue weighted by molar-refractivity contribution is 0.693. The van der Waals surface area contributed by atoms with Gasteiger partial charge in [-0.2, -0.15) is 5.26 Å². The summed E-state index contributed by atoms with van der Waals surface area (Å²) >= 11 is 3.42. The van der Waals surface area contributed by atoms with Gasteiger partial charge < -0.3 is 5.32 Å². The maximum absolute atomic E-state index is 8.82. The zero-order valence-electron chi connectivity index (χ0n) is 9.86. The molecule has 2 rings (SSSR count). The Hall–Kier alpha value is -1.63. The molecule has 18 heavy (non-hydrogen) atoms. The molecule has 90 valence electrons. The molecular formula is C15H13BrN2. The molecule has 0 heterocycles. The van der Waals surface area contributed by atoms with Crippen LogP contribution in [0.2, 0.25) is 0 Å². The number of benzene rings is 2. The zero-order chi connectivity index (χ0) is 12.8. The highest BCUT2D eigenvalue weighted by atomic mass is 79.9. The van der Waals surface area contributed by atoms with Crippen LogP contribution < -0.4 is 5.32 Å². The third-order valence-electron chi connectivity index (χ3n) is 2.63. The first-order chi connectivity index (χ1) is 8.78. The van der Waals surface area contributed by atoms with Crippen LogP contribution in [0, 0.1) is 11.3 Å². The van der Waals surface area contributed by atoms with Crippen LogP contribution in [-0.2, 0) is 13.1 Å². The van der Waals surface area contributed by atoms with Crippen molar-refractivity contribution >= 4 is 15.9 Å². The first kappa shape index (κ1) is 12.8. The second-order valence-corrected chi connectivity index (χ2v) is 4.96. The summed E-state index contributed by atoms with van der Waals surface area (Å²) < 4.78 is 1.09. The van der Waals surface area contributed by atoms with Gasteiger partial charge in [-0.25, -0.2) is 0 Å². The molecule has 0 fully saturated rings. The predicted octanol–water partition coefficient (Wildman–Crippen LogP) is 3.61. The molecule has 0 aliphatic rings. The van der Waals surface area contributed by atoms with Gasteiger partial charge in [0.05, 0.1) is 11.6 Å². The molecule has 0 unspecified atom stereocenters. The fraction of sp³-hybridized carbons (Fsp3) is 0.133. The fourth-order valence-corrected chi connectivity index (χ4v) is 1.97.